The second kappa shape index (κ2) is 3.37. The number of hydrogen-bond acceptors (Lipinski definition) is 1. The van der Waals surface area contributed by atoms with Gasteiger partial charge < -0.3 is 4.74 Å². The van der Waals surface area contributed by atoms with Crippen LogP contribution in [0.1, 0.15) is 39.5 Å². The van der Waals surface area contributed by atoms with Crippen molar-refractivity contribution >= 4 is 0 Å². The monoisotopic (exact) mass is 168 g/mol. The van der Waals surface area contributed by atoms with Crippen LogP contribution in [0.3, 0.4) is 0 Å². The normalized spacial score (nSPS) is 39.8. The molecule has 0 aromatic carbocycles. The van der Waals surface area contributed by atoms with Crippen LogP contribution >= 0.6 is 0 Å². The number of fused-ring (bicyclic) bond motifs is 2. The van der Waals surface area contributed by atoms with Crippen molar-refractivity contribution in [1.82, 2.24) is 0 Å². The summed E-state index contributed by atoms with van der Waals surface area (Å²) in [5.41, 5.74) is 0. The Hall–Kier alpha value is -0.0400. The summed E-state index contributed by atoms with van der Waals surface area (Å²) in [4.78, 5) is 0. The molecule has 70 valence electrons. The van der Waals surface area contributed by atoms with E-state index in [1.807, 2.05) is 0 Å². The highest BCUT2D eigenvalue weighted by atomic mass is 16.5. The number of rotatable bonds is 3. The molecule has 0 heterocycles. The van der Waals surface area contributed by atoms with E-state index in [1.165, 1.54) is 25.7 Å². The van der Waals surface area contributed by atoms with E-state index in [1.54, 1.807) is 0 Å². The average molecular weight is 168 g/mol. The molecule has 2 aliphatic carbocycles. The van der Waals surface area contributed by atoms with Crippen molar-refractivity contribution in [2.75, 3.05) is 6.61 Å². The van der Waals surface area contributed by atoms with Crippen LogP contribution in [0.25, 0.3) is 0 Å². The van der Waals surface area contributed by atoms with Crippen LogP contribution in [0, 0.1) is 17.8 Å². The zero-order chi connectivity index (χ0) is 8.55. The summed E-state index contributed by atoms with van der Waals surface area (Å²) in [5, 5.41) is 0. The highest BCUT2D eigenvalue weighted by Gasteiger charge is 2.39. The van der Waals surface area contributed by atoms with Gasteiger partial charge in [-0.1, -0.05) is 6.42 Å². The topological polar surface area (TPSA) is 9.23 Å². The van der Waals surface area contributed by atoms with E-state index < -0.39 is 0 Å². The Morgan fingerprint density at radius 2 is 2.08 bits per heavy atom. The molecule has 2 saturated carbocycles. The van der Waals surface area contributed by atoms with Gasteiger partial charge in [0.25, 0.3) is 0 Å². The largest absolute Gasteiger partial charge is 0.378 e. The molecule has 2 rings (SSSR count). The van der Waals surface area contributed by atoms with Gasteiger partial charge in [-0.2, -0.15) is 0 Å². The molecule has 1 unspecified atom stereocenters. The third-order valence-electron chi connectivity index (χ3n) is 3.53. The quantitative estimate of drug-likeness (QED) is 0.629. The maximum atomic E-state index is 5.68. The van der Waals surface area contributed by atoms with E-state index in [2.05, 4.69) is 13.8 Å². The zero-order valence-electron chi connectivity index (χ0n) is 8.25. The summed E-state index contributed by atoms with van der Waals surface area (Å²) in [6, 6.07) is 0. The van der Waals surface area contributed by atoms with Crippen molar-refractivity contribution in [3.05, 3.63) is 0 Å². The Kier molecular flexibility index (Phi) is 2.40. The van der Waals surface area contributed by atoms with Crippen LogP contribution in [0.5, 0.6) is 0 Å². The van der Waals surface area contributed by atoms with Crippen molar-refractivity contribution in [3.8, 4) is 0 Å². The minimum atomic E-state index is 0.420. The predicted molar refractivity (Wildman–Crippen MR) is 50.0 cm³/mol. The molecular formula is C11H20O. The lowest BCUT2D eigenvalue weighted by atomic mass is 9.89. The Labute approximate surface area is 75.5 Å². The van der Waals surface area contributed by atoms with E-state index >= 15 is 0 Å². The van der Waals surface area contributed by atoms with Crippen LogP contribution in [-0.2, 0) is 4.74 Å². The summed E-state index contributed by atoms with van der Waals surface area (Å²) in [6.45, 7) is 5.29. The molecule has 12 heavy (non-hydrogen) atoms. The first kappa shape index (κ1) is 8.55. The Bertz CT molecular complexity index is 153. The minimum absolute atomic E-state index is 0.420. The average Bonchev–Trinajstić information content (AvgIpc) is 2.60. The van der Waals surface area contributed by atoms with E-state index in [-0.39, 0.29) is 0 Å². The van der Waals surface area contributed by atoms with Gasteiger partial charge in [-0.15, -0.1) is 0 Å². The number of ether oxygens (including phenoxy) is 1. The van der Waals surface area contributed by atoms with Crippen LogP contribution in [-0.4, -0.2) is 12.7 Å². The number of hydrogen-bond donors (Lipinski definition) is 0. The summed E-state index contributed by atoms with van der Waals surface area (Å²) >= 11 is 0. The van der Waals surface area contributed by atoms with Crippen LogP contribution in [0.2, 0.25) is 0 Å². The van der Waals surface area contributed by atoms with Gasteiger partial charge in [0, 0.05) is 0 Å². The smallest absolute Gasteiger partial charge is 0.0519 e. The van der Waals surface area contributed by atoms with E-state index in [0.29, 0.717) is 6.10 Å². The van der Waals surface area contributed by atoms with E-state index in [4.69, 9.17) is 4.74 Å². The van der Waals surface area contributed by atoms with Gasteiger partial charge in [-0.05, 0) is 50.9 Å². The van der Waals surface area contributed by atoms with Gasteiger partial charge in [-0.25, -0.2) is 0 Å². The lowest BCUT2D eigenvalue weighted by molar-refractivity contribution is 0.0363. The van der Waals surface area contributed by atoms with Gasteiger partial charge in [0.15, 0.2) is 0 Å². The van der Waals surface area contributed by atoms with Gasteiger partial charge in [0.05, 0.1) is 12.7 Å². The van der Waals surface area contributed by atoms with Crippen LogP contribution in [0.15, 0.2) is 0 Å². The van der Waals surface area contributed by atoms with Gasteiger partial charge >= 0.3 is 0 Å². The first-order chi connectivity index (χ1) is 5.75. The fourth-order valence-electron chi connectivity index (χ4n) is 2.90. The van der Waals surface area contributed by atoms with Crippen molar-refractivity contribution < 1.29 is 4.74 Å². The van der Waals surface area contributed by atoms with E-state index in [9.17, 15) is 0 Å². The third-order valence-corrected chi connectivity index (χ3v) is 3.53. The molecule has 0 aromatic heterocycles. The summed E-state index contributed by atoms with van der Waals surface area (Å²) in [6.07, 6.45) is 6.37. The predicted octanol–water partition coefficient (Wildman–Crippen LogP) is 2.85. The second-order valence-corrected chi connectivity index (χ2v) is 4.82. The maximum absolute atomic E-state index is 5.68. The molecule has 3 atom stereocenters. The van der Waals surface area contributed by atoms with Crippen molar-refractivity contribution in [3.63, 3.8) is 0 Å². The molecule has 2 aliphatic rings. The van der Waals surface area contributed by atoms with Gasteiger partial charge in [0.2, 0.25) is 0 Å². The van der Waals surface area contributed by atoms with E-state index in [0.717, 1.165) is 24.4 Å². The molecule has 1 nitrogen and oxygen atoms in total. The molecule has 0 N–H and O–H groups in total. The molecule has 2 bridgehead atoms. The summed E-state index contributed by atoms with van der Waals surface area (Å²) < 4.78 is 5.68. The molecule has 0 aliphatic heterocycles. The summed E-state index contributed by atoms with van der Waals surface area (Å²) in [7, 11) is 0. The second-order valence-electron chi connectivity index (χ2n) is 4.82. The molecule has 0 spiro atoms. The van der Waals surface area contributed by atoms with Gasteiger partial charge in [-0.3, -0.25) is 0 Å². The molecular weight excluding hydrogens is 148 g/mol. The Morgan fingerprint density at radius 1 is 1.25 bits per heavy atom. The van der Waals surface area contributed by atoms with Crippen molar-refractivity contribution in [1.29, 1.82) is 0 Å². The SMILES string of the molecule is CC(C)OC[C@H]1CC2CC[C@H]1C2. The maximum Gasteiger partial charge on any atom is 0.0519 e. The summed E-state index contributed by atoms with van der Waals surface area (Å²) in [5.74, 6) is 3.00. The highest BCUT2D eigenvalue weighted by Crippen LogP contribution is 2.48. The van der Waals surface area contributed by atoms with Crippen LogP contribution in [0.4, 0.5) is 0 Å². The highest BCUT2D eigenvalue weighted by molar-refractivity contribution is 4.89. The van der Waals surface area contributed by atoms with Crippen LogP contribution < -0.4 is 0 Å². The fourth-order valence-corrected chi connectivity index (χ4v) is 2.90. The fraction of sp³-hybridized carbons (Fsp3) is 1.00. The molecule has 0 amide bonds. The molecule has 0 saturated heterocycles. The first-order valence-corrected chi connectivity index (χ1v) is 5.37. The standard InChI is InChI=1S/C11H20O/c1-8(2)12-7-11-6-9-3-4-10(11)5-9/h8-11H,3-7H2,1-2H3/t9?,10-,11+/m0/s1. The zero-order valence-corrected chi connectivity index (χ0v) is 8.25. The lowest BCUT2D eigenvalue weighted by Crippen LogP contribution is -2.19. The van der Waals surface area contributed by atoms with Gasteiger partial charge in [0.1, 0.15) is 0 Å². The van der Waals surface area contributed by atoms with Crippen molar-refractivity contribution in [2.24, 2.45) is 17.8 Å². The third kappa shape index (κ3) is 1.66. The molecule has 2 fully saturated rings. The molecule has 1 heteroatoms. The molecule has 0 radical (unpaired) electrons. The van der Waals surface area contributed by atoms with Crippen molar-refractivity contribution in [2.45, 2.75) is 45.6 Å². The minimum Gasteiger partial charge on any atom is -0.378 e. The Morgan fingerprint density at radius 3 is 2.58 bits per heavy atom. The molecule has 0 aromatic rings. The Balaban J connectivity index is 1.76. The lowest BCUT2D eigenvalue weighted by Gasteiger charge is -2.22. The first-order valence-electron chi connectivity index (χ1n) is 5.37.